The van der Waals surface area contributed by atoms with Crippen molar-refractivity contribution >= 4 is 17.8 Å². The van der Waals surface area contributed by atoms with Crippen molar-refractivity contribution in [2.45, 2.75) is 38.8 Å². The number of aromatic carboxylic acids is 1. The fourth-order valence-corrected chi connectivity index (χ4v) is 4.00. The van der Waals surface area contributed by atoms with Crippen LogP contribution in [0.15, 0.2) is 24.3 Å². The molecule has 2 aliphatic rings. The Hall–Kier alpha value is -2.41. The van der Waals surface area contributed by atoms with E-state index in [0.29, 0.717) is 25.7 Å². The first-order valence-electron chi connectivity index (χ1n) is 9.59. The molecule has 1 aromatic rings. The molecule has 0 spiro atoms. The lowest BCUT2D eigenvalue weighted by atomic mass is 10.1. The van der Waals surface area contributed by atoms with Gasteiger partial charge in [0.05, 0.1) is 11.5 Å². The molecule has 2 aliphatic heterocycles. The van der Waals surface area contributed by atoms with Crippen molar-refractivity contribution in [3.8, 4) is 0 Å². The number of hydrogen-bond donors (Lipinski definition) is 2. The number of amides is 2. The summed E-state index contributed by atoms with van der Waals surface area (Å²) in [7, 11) is 0. The van der Waals surface area contributed by atoms with Crippen molar-refractivity contribution in [2.75, 3.05) is 26.2 Å². The molecule has 0 aromatic heterocycles. The first kappa shape index (κ1) is 19.4. The SMILES string of the molecule is CCN1CCC[C@H]1CN1C[C@@H](C(=O)NCc2ccc(C(=O)O)cc2)CC1=O. The van der Waals surface area contributed by atoms with Crippen LogP contribution in [0.25, 0.3) is 0 Å². The molecule has 2 atom stereocenters. The molecular formula is C20H27N3O4. The lowest BCUT2D eigenvalue weighted by molar-refractivity contribution is -0.129. The quantitative estimate of drug-likeness (QED) is 0.753. The van der Waals surface area contributed by atoms with Gasteiger partial charge in [0, 0.05) is 32.1 Å². The minimum absolute atomic E-state index is 0.0592. The molecule has 0 radical (unpaired) electrons. The van der Waals surface area contributed by atoms with E-state index in [0.717, 1.165) is 25.1 Å². The minimum Gasteiger partial charge on any atom is -0.478 e. The molecule has 2 saturated heterocycles. The number of hydrogen-bond acceptors (Lipinski definition) is 4. The molecule has 7 heteroatoms. The zero-order valence-electron chi connectivity index (χ0n) is 15.7. The van der Waals surface area contributed by atoms with E-state index in [1.54, 1.807) is 12.1 Å². The van der Waals surface area contributed by atoms with Gasteiger partial charge in [0.15, 0.2) is 0 Å². The van der Waals surface area contributed by atoms with E-state index in [4.69, 9.17) is 5.11 Å². The Morgan fingerprint density at radius 3 is 2.67 bits per heavy atom. The van der Waals surface area contributed by atoms with Crippen LogP contribution in [0.3, 0.4) is 0 Å². The molecule has 0 saturated carbocycles. The largest absolute Gasteiger partial charge is 0.478 e. The highest BCUT2D eigenvalue weighted by Gasteiger charge is 2.36. The smallest absolute Gasteiger partial charge is 0.335 e. The fraction of sp³-hybridized carbons (Fsp3) is 0.550. The predicted molar refractivity (Wildman–Crippen MR) is 100 cm³/mol. The summed E-state index contributed by atoms with van der Waals surface area (Å²) >= 11 is 0. The van der Waals surface area contributed by atoms with E-state index >= 15 is 0 Å². The van der Waals surface area contributed by atoms with E-state index in [2.05, 4.69) is 17.1 Å². The summed E-state index contributed by atoms with van der Waals surface area (Å²) < 4.78 is 0. The average Bonchev–Trinajstić information content (AvgIpc) is 3.27. The van der Waals surface area contributed by atoms with Gasteiger partial charge in [-0.2, -0.15) is 0 Å². The number of rotatable bonds is 7. The molecule has 146 valence electrons. The third-order valence-corrected chi connectivity index (χ3v) is 5.59. The normalized spacial score (nSPS) is 23.0. The number of carboxylic acid groups (broad SMARTS) is 1. The number of nitrogens with zero attached hydrogens (tertiary/aromatic N) is 2. The molecule has 27 heavy (non-hydrogen) atoms. The van der Waals surface area contributed by atoms with Gasteiger partial charge in [-0.25, -0.2) is 4.79 Å². The highest BCUT2D eigenvalue weighted by atomic mass is 16.4. The summed E-state index contributed by atoms with van der Waals surface area (Å²) in [6.45, 7) is 5.76. The van der Waals surface area contributed by atoms with Crippen molar-refractivity contribution in [1.29, 1.82) is 0 Å². The van der Waals surface area contributed by atoms with E-state index in [-0.39, 0.29) is 29.7 Å². The first-order valence-corrected chi connectivity index (χ1v) is 9.59. The minimum atomic E-state index is -0.973. The van der Waals surface area contributed by atoms with E-state index in [1.165, 1.54) is 18.6 Å². The van der Waals surface area contributed by atoms with Gasteiger partial charge < -0.3 is 15.3 Å². The number of likely N-dealkylation sites (tertiary alicyclic amines) is 2. The van der Waals surface area contributed by atoms with Gasteiger partial charge in [0.25, 0.3) is 0 Å². The summed E-state index contributed by atoms with van der Waals surface area (Å²) in [4.78, 5) is 39.9. The number of nitrogens with one attached hydrogen (secondary N) is 1. The van der Waals surface area contributed by atoms with Crippen molar-refractivity contribution in [2.24, 2.45) is 5.92 Å². The van der Waals surface area contributed by atoms with Crippen LogP contribution in [0.4, 0.5) is 0 Å². The van der Waals surface area contributed by atoms with Crippen LogP contribution in [-0.4, -0.2) is 64.9 Å². The average molecular weight is 373 g/mol. The Balaban J connectivity index is 1.49. The van der Waals surface area contributed by atoms with Gasteiger partial charge in [-0.3, -0.25) is 14.5 Å². The second-order valence-electron chi connectivity index (χ2n) is 7.34. The molecule has 0 unspecified atom stereocenters. The maximum atomic E-state index is 12.4. The maximum absolute atomic E-state index is 12.4. The lowest BCUT2D eigenvalue weighted by Crippen LogP contribution is -2.41. The predicted octanol–water partition coefficient (Wildman–Crippen LogP) is 1.33. The second kappa shape index (κ2) is 8.52. The Bertz CT molecular complexity index is 704. The summed E-state index contributed by atoms with van der Waals surface area (Å²) in [5, 5.41) is 11.8. The van der Waals surface area contributed by atoms with Crippen LogP contribution in [0.5, 0.6) is 0 Å². The van der Waals surface area contributed by atoms with Crippen LogP contribution in [0.1, 0.15) is 42.1 Å². The van der Waals surface area contributed by atoms with Crippen LogP contribution < -0.4 is 5.32 Å². The van der Waals surface area contributed by atoms with E-state index in [1.807, 2.05) is 4.90 Å². The molecule has 2 amide bonds. The van der Waals surface area contributed by atoms with Crippen molar-refractivity contribution in [3.05, 3.63) is 35.4 Å². The zero-order valence-corrected chi connectivity index (χ0v) is 15.7. The van der Waals surface area contributed by atoms with Crippen LogP contribution >= 0.6 is 0 Å². The Kier molecular flexibility index (Phi) is 6.11. The molecule has 0 bridgehead atoms. The number of likely N-dealkylation sites (N-methyl/N-ethyl adjacent to an activating group) is 1. The molecule has 3 rings (SSSR count). The van der Waals surface area contributed by atoms with Crippen LogP contribution in [0.2, 0.25) is 0 Å². The maximum Gasteiger partial charge on any atom is 0.335 e. The lowest BCUT2D eigenvalue weighted by Gasteiger charge is -2.27. The molecule has 2 N–H and O–H groups in total. The molecular weight excluding hydrogens is 346 g/mol. The Morgan fingerprint density at radius 1 is 1.26 bits per heavy atom. The number of carboxylic acids is 1. The van der Waals surface area contributed by atoms with Crippen molar-refractivity contribution < 1.29 is 19.5 Å². The first-order chi connectivity index (χ1) is 13.0. The van der Waals surface area contributed by atoms with Gasteiger partial charge in [-0.05, 0) is 43.6 Å². The summed E-state index contributed by atoms with van der Waals surface area (Å²) in [6, 6.07) is 6.83. The van der Waals surface area contributed by atoms with Crippen molar-refractivity contribution in [1.82, 2.24) is 15.1 Å². The summed E-state index contributed by atoms with van der Waals surface area (Å²) in [6.07, 6.45) is 2.55. The summed E-state index contributed by atoms with van der Waals surface area (Å²) in [5.41, 5.74) is 1.05. The molecule has 0 aliphatic carbocycles. The molecule has 7 nitrogen and oxygen atoms in total. The van der Waals surface area contributed by atoms with Crippen molar-refractivity contribution in [3.63, 3.8) is 0 Å². The molecule has 2 heterocycles. The van der Waals surface area contributed by atoms with Gasteiger partial charge in [-0.1, -0.05) is 19.1 Å². The van der Waals surface area contributed by atoms with Crippen LogP contribution in [-0.2, 0) is 16.1 Å². The van der Waals surface area contributed by atoms with E-state index in [9.17, 15) is 14.4 Å². The van der Waals surface area contributed by atoms with Gasteiger partial charge >= 0.3 is 5.97 Å². The molecule has 2 fully saturated rings. The third kappa shape index (κ3) is 4.66. The summed E-state index contributed by atoms with van der Waals surface area (Å²) in [5.74, 6) is -1.35. The highest BCUT2D eigenvalue weighted by molar-refractivity contribution is 5.89. The monoisotopic (exact) mass is 373 g/mol. The number of carbonyl (C=O) groups excluding carboxylic acids is 2. The molecule has 1 aromatic carbocycles. The highest BCUT2D eigenvalue weighted by Crippen LogP contribution is 2.23. The Labute approximate surface area is 159 Å². The van der Waals surface area contributed by atoms with Gasteiger partial charge in [0.1, 0.15) is 0 Å². The topological polar surface area (TPSA) is 89.9 Å². The number of benzene rings is 1. The van der Waals surface area contributed by atoms with Crippen LogP contribution in [0, 0.1) is 5.92 Å². The second-order valence-corrected chi connectivity index (χ2v) is 7.34. The van der Waals surface area contributed by atoms with E-state index < -0.39 is 5.97 Å². The standard InChI is InChI=1S/C20H27N3O4/c1-2-22-9-3-4-17(22)13-23-12-16(10-18(23)24)19(25)21-11-14-5-7-15(8-6-14)20(26)27/h5-8,16-17H,2-4,9-13H2,1H3,(H,21,25)(H,26,27)/t16-,17-/m0/s1. The number of carbonyl (C=O) groups is 3. The fourth-order valence-electron chi connectivity index (χ4n) is 4.00. The zero-order chi connectivity index (χ0) is 19.4. The Morgan fingerprint density at radius 2 is 2.00 bits per heavy atom. The van der Waals surface area contributed by atoms with Gasteiger partial charge in [0.2, 0.25) is 11.8 Å². The van der Waals surface area contributed by atoms with Gasteiger partial charge in [-0.15, -0.1) is 0 Å². The third-order valence-electron chi connectivity index (χ3n) is 5.59.